The van der Waals surface area contributed by atoms with Gasteiger partial charge in [-0.2, -0.15) is 0 Å². The smallest absolute Gasteiger partial charge is 0.306 e. The first-order chi connectivity index (χ1) is 39.5. The van der Waals surface area contributed by atoms with Crippen LogP contribution in [0.3, 0.4) is 0 Å². The number of allylic oxidation sites excluding steroid dienone is 16. The minimum absolute atomic E-state index is 0.0840. The number of carbonyl (C=O) groups is 3. The number of carbonyl (C=O) groups excluding carboxylic acids is 3. The fourth-order valence-electron chi connectivity index (χ4n) is 9.67. The lowest BCUT2D eigenvalue weighted by atomic mass is 10.1. The molecule has 0 aromatic rings. The quantitative estimate of drug-likeness (QED) is 0.0261. The summed E-state index contributed by atoms with van der Waals surface area (Å²) in [7, 11) is 0. The molecular formula is C74H128O6. The summed E-state index contributed by atoms with van der Waals surface area (Å²) < 4.78 is 17.0. The first-order valence-corrected chi connectivity index (χ1v) is 34.2. The van der Waals surface area contributed by atoms with Crippen molar-refractivity contribution in [3.8, 4) is 0 Å². The molecule has 0 bridgehead atoms. The molecule has 0 saturated heterocycles. The maximum absolute atomic E-state index is 13.0. The average molecular weight is 1110 g/mol. The molecule has 0 radical (unpaired) electrons. The van der Waals surface area contributed by atoms with Gasteiger partial charge < -0.3 is 14.2 Å². The Bertz CT molecular complexity index is 1560. The molecule has 0 aromatic heterocycles. The summed E-state index contributed by atoms with van der Waals surface area (Å²) >= 11 is 0. The van der Waals surface area contributed by atoms with Crippen LogP contribution in [0, 0.1) is 0 Å². The monoisotopic (exact) mass is 1110 g/mol. The van der Waals surface area contributed by atoms with E-state index in [9.17, 15) is 14.4 Å². The zero-order valence-electron chi connectivity index (χ0n) is 52.8. The lowest BCUT2D eigenvalue weighted by Crippen LogP contribution is -2.30. The molecule has 0 aromatic carbocycles. The fourth-order valence-corrected chi connectivity index (χ4v) is 9.67. The maximum Gasteiger partial charge on any atom is 0.306 e. The molecule has 0 heterocycles. The summed E-state index contributed by atoms with van der Waals surface area (Å²) in [5.41, 5.74) is 0. The van der Waals surface area contributed by atoms with E-state index < -0.39 is 6.10 Å². The van der Waals surface area contributed by atoms with E-state index in [4.69, 9.17) is 14.2 Å². The zero-order chi connectivity index (χ0) is 57.8. The molecule has 0 spiro atoms. The number of hydrogen-bond donors (Lipinski definition) is 0. The van der Waals surface area contributed by atoms with E-state index in [1.165, 1.54) is 186 Å². The van der Waals surface area contributed by atoms with Gasteiger partial charge in [0.15, 0.2) is 6.10 Å². The van der Waals surface area contributed by atoms with Crippen molar-refractivity contribution in [2.45, 2.75) is 341 Å². The average Bonchev–Trinajstić information content (AvgIpc) is 3.46. The predicted molar refractivity (Wildman–Crippen MR) is 348 cm³/mol. The highest BCUT2D eigenvalue weighted by atomic mass is 16.6. The van der Waals surface area contributed by atoms with Crippen molar-refractivity contribution in [3.05, 3.63) is 97.2 Å². The third-order valence-corrected chi connectivity index (χ3v) is 14.8. The van der Waals surface area contributed by atoms with Crippen molar-refractivity contribution in [3.63, 3.8) is 0 Å². The molecule has 1 atom stereocenters. The number of unbranched alkanes of at least 4 members (excludes halogenated alkanes) is 35. The Balaban J connectivity index is 4.38. The number of esters is 3. The van der Waals surface area contributed by atoms with Crippen LogP contribution >= 0.6 is 0 Å². The van der Waals surface area contributed by atoms with Crippen LogP contribution in [-0.4, -0.2) is 37.2 Å². The first-order valence-electron chi connectivity index (χ1n) is 34.2. The van der Waals surface area contributed by atoms with Crippen molar-refractivity contribution in [2.75, 3.05) is 13.2 Å². The third-order valence-electron chi connectivity index (χ3n) is 14.8. The Morgan fingerprint density at radius 1 is 0.263 bits per heavy atom. The van der Waals surface area contributed by atoms with Crippen molar-refractivity contribution >= 4 is 17.9 Å². The largest absolute Gasteiger partial charge is 0.462 e. The number of ether oxygens (including phenoxy) is 3. The van der Waals surface area contributed by atoms with Crippen LogP contribution in [0.1, 0.15) is 335 Å². The maximum atomic E-state index is 13.0. The SMILES string of the molecule is CC/C=C\C/C=C\C/C=C\C/C=C\C/C=C\CCCCCCCCCCCC(=O)OCC(COC(=O)CCCCCCC/C=C\CCCCCCCCC)OC(=O)CCCCCCCCCCC/C=C\C/C=C\CCCCCCC. The molecule has 0 aliphatic rings. The minimum atomic E-state index is -0.788. The zero-order valence-corrected chi connectivity index (χ0v) is 52.8. The normalized spacial score (nSPS) is 12.7. The summed E-state index contributed by atoms with van der Waals surface area (Å²) in [5, 5.41) is 0. The van der Waals surface area contributed by atoms with Crippen LogP contribution in [0.5, 0.6) is 0 Å². The third kappa shape index (κ3) is 65.1. The fraction of sp³-hybridized carbons (Fsp3) is 0.743. The Kier molecular flexibility index (Phi) is 64.7. The molecule has 0 saturated carbocycles. The van der Waals surface area contributed by atoms with Crippen LogP contribution in [0.25, 0.3) is 0 Å². The van der Waals surface area contributed by atoms with Gasteiger partial charge in [-0.05, 0) is 122 Å². The molecule has 1 unspecified atom stereocenters. The number of rotatable bonds is 62. The summed E-state index contributed by atoms with van der Waals surface area (Å²) in [4.78, 5) is 38.4. The van der Waals surface area contributed by atoms with Crippen molar-refractivity contribution in [1.82, 2.24) is 0 Å². The van der Waals surface area contributed by atoms with Crippen molar-refractivity contribution in [1.29, 1.82) is 0 Å². The van der Waals surface area contributed by atoms with E-state index >= 15 is 0 Å². The standard InChI is InChI=1S/C74H128O6/c1-4-7-10-13-16-19-22-25-28-31-33-35-36-37-38-40-41-43-46-49-52-55-58-61-64-67-73(76)79-70-71(69-78-72(75)66-63-60-57-54-51-48-45-30-27-24-21-18-15-12-9-6-3)80-74(77)68-65-62-59-56-53-50-47-44-42-39-34-32-29-26-23-20-17-14-11-8-5-2/h7,10,16,19,23,25-26,28,30,32-35,37-38,45,71H,4-6,8-9,11-15,17-18,20-22,24,27,29,31,36,39-44,46-70H2,1-3H3/b10-7-,19-16-,26-23-,28-25-,34-32-,35-33-,38-37-,45-30-. The molecule has 460 valence electrons. The van der Waals surface area contributed by atoms with Gasteiger partial charge in [0.25, 0.3) is 0 Å². The summed E-state index contributed by atoms with van der Waals surface area (Å²) in [6, 6.07) is 0. The van der Waals surface area contributed by atoms with E-state index in [0.29, 0.717) is 19.3 Å². The van der Waals surface area contributed by atoms with Crippen LogP contribution < -0.4 is 0 Å². The van der Waals surface area contributed by atoms with Gasteiger partial charge in [0, 0.05) is 19.3 Å². The van der Waals surface area contributed by atoms with Gasteiger partial charge in [0.2, 0.25) is 0 Å². The highest BCUT2D eigenvalue weighted by molar-refractivity contribution is 5.71. The van der Waals surface area contributed by atoms with Crippen molar-refractivity contribution < 1.29 is 28.6 Å². The second-order valence-corrected chi connectivity index (χ2v) is 22.7. The Morgan fingerprint density at radius 2 is 0.487 bits per heavy atom. The summed E-state index contributed by atoms with van der Waals surface area (Å²) in [6.45, 7) is 6.54. The lowest BCUT2D eigenvalue weighted by molar-refractivity contribution is -0.167. The molecular weight excluding hydrogens is 985 g/mol. The van der Waals surface area contributed by atoms with E-state index in [2.05, 4.69) is 118 Å². The van der Waals surface area contributed by atoms with Gasteiger partial charge in [-0.15, -0.1) is 0 Å². The van der Waals surface area contributed by atoms with Gasteiger partial charge in [-0.3, -0.25) is 14.4 Å². The van der Waals surface area contributed by atoms with E-state index in [1.54, 1.807) is 0 Å². The van der Waals surface area contributed by atoms with Crippen LogP contribution in [-0.2, 0) is 28.6 Å². The van der Waals surface area contributed by atoms with E-state index in [0.717, 1.165) is 109 Å². The van der Waals surface area contributed by atoms with E-state index in [-0.39, 0.29) is 31.1 Å². The van der Waals surface area contributed by atoms with Crippen LogP contribution in [0.15, 0.2) is 97.2 Å². The Labute approximate surface area is 496 Å². The lowest BCUT2D eigenvalue weighted by Gasteiger charge is -2.18. The molecule has 80 heavy (non-hydrogen) atoms. The molecule has 0 aliphatic carbocycles. The molecule has 0 amide bonds. The molecule has 0 fully saturated rings. The highest BCUT2D eigenvalue weighted by Gasteiger charge is 2.19. The Hall–Kier alpha value is -3.67. The van der Waals surface area contributed by atoms with Crippen LogP contribution in [0.4, 0.5) is 0 Å². The Morgan fingerprint density at radius 3 is 0.775 bits per heavy atom. The first kappa shape index (κ1) is 76.3. The van der Waals surface area contributed by atoms with Gasteiger partial charge in [0.1, 0.15) is 13.2 Å². The van der Waals surface area contributed by atoms with E-state index in [1.807, 2.05) is 0 Å². The number of hydrogen-bond acceptors (Lipinski definition) is 6. The van der Waals surface area contributed by atoms with Crippen LogP contribution in [0.2, 0.25) is 0 Å². The molecule has 0 N–H and O–H groups in total. The molecule has 0 aliphatic heterocycles. The van der Waals surface area contributed by atoms with Gasteiger partial charge in [0.05, 0.1) is 0 Å². The van der Waals surface area contributed by atoms with Gasteiger partial charge >= 0.3 is 17.9 Å². The van der Waals surface area contributed by atoms with Gasteiger partial charge in [-0.1, -0.05) is 291 Å². The molecule has 6 heteroatoms. The highest BCUT2D eigenvalue weighted by Crippen LogP contribution is 2.16. The minimum Gasteiger partial charge on any atom is -0.462 e. The van der Waals surface area contributed by atoms with Crippen molar-refractivity contribution in [2.24, 2.45) is 0 Å². The molecule has 6 nitrogen and oxygen atoms in total. The second-order valence-electron chi connectivity index (χ2n) is 22.7. The topological polar surface area (TPSA) is 78.9 Å². The van der Waals surface area contributed by atoms with Gasteiger partial charge in [-0.25, -0.2) is 0 Å². The predicted octanol–water partition coefficient (Wildman–Crippen LogP) is 23.6. The molecule has 0 rings (SSSR count). The second kappa shape index (κ2) is 67.8. The summed E-state index contributed by atoms with van der Waals surface area (Å²) in [6.07, 6.45) is 91.3. The summed E-state index contributed by atoms with van der Waals surface area (Å²) in [5.74, 6) is -0.888.